The van der Waals surface area contributed by atoms with Crippen LogP contribution in [0.2, 0.25) is 0 Å². The molecule has 0 radical (unpaired) electrons. The van der Waals surface area contributed by atoms with Gasteiger partial charge in [0.1, 0.15) is 0 Å². The highest BCUT2D eigenvalue weighted by atomic mass is 16.2. The number of aryl methyl sites for hydroxylation is 2. The quantitative estimate of drug-likeness (QED) is 0.867. The van der Waals surface area contributed by atoms with Crippen molar-refractivity contribution in [2.45, 2.75) is 26.2 Å². The van der Waals surface area contributed by atoms with Crippen molar-refractivity contribution in [3.8, 4) is 0 Å². The predicted octanol–water partition coefficient (Wildman–Crippen LogP) is 1.28. The zero-order chi connectivity index (χ0) is 13.7. The van der Waals surface area contributed by atoms with Crippen LogP contribution in [0.3, 0.4) is 0 Å². The minimum atomic E-state index is -0.0607. The zero-order valence-corrected chi connectivity index (χ0v) is 11.3. The van der Waals surface area contributed by atoms with Crippen LogP contribution in [0.4, 0.5) is 0 Å². The first kappa shape index (κ1) is 13.6. The van der Waals surface area contributed by atoms with Crippen molar-refractivity contribution in [3.05, 3.63) is 35.4 Å². The molecule has 0 aliphatic carbocycles. The van der Waals surface area contributed by atoms with Gasteiger partial charge in [-0.1, -0.05) is 29.8 Å². The molecule has 1 saturated heterocycles. The lowest BCUT2D eigenvalue weighted by molar-refractivity contribution is -0.135. The van der Waals surface area contributed by atoms with Gasteiger partial charge in [0.25, 0.3) is 0 Å². The van der Waals surface area contributed by atoms with Crippen LogP contribution < -0.4 is 5.32 Å². The first-order valence-electron chi connectivity index (χ1n) is 6.75. The average Bonchev–Trinajstić information content (AvgIpc) is 2.33. The average molecular weight is 260 g/mol. The minimum absolute atomic E-state index is 0.0231. The van der Waals surface area contributed by atoms with E-state index in [4.69, 9.17) is 0 Å². The van der Waals surface area contributed by atoms with Crippen LogP contribution in [0.25, 0.3) is 0 Å². The molecular weight excluding hydrogens is 240 g/mol. The molecule has 4 heteroatoms. The van der Waals surface area contributed by atoms with E-state index < -0.39 is 0 Å². The summed E-state index contributed by atoms with van der Waals surface area (Å²) in [6.07, 6.45) is 2.22. The summed E-state index contributed by atoms with van der Waals surface area (Å²) in [6.45, 7) is 3.83. The van der Waals surface area contributed by atoms with Crippen molar-refractivity contribution in [1.29, 1.82) is 0 Å². The van der Waals surface area contributed by atoms with Gasteiger partial charge in [-0.25, -0.2) is 0 Å². The van der Waals surface area contributed by atoms with E-state index in [2.05, 4.69) is 5.32 Å². The highest BCUT2D eigenvalue weighted by Crippen LogP contribution is 2.06. The second kappa shape index (κ2) is 6.36. The third-order valence-electron chi connectivity index (χ3n) is 3.41. The van der Waals surface area contributed by atoms with E-state index in [1.807, 2.05) is 31.2 Å². The predicted molar refractivity (Wildman–Crippen MR) is 73.7 cm³/mol. The maximum atomic E-state index is 11.6. The van der Waals surface area contributed by atoms with Crippen LogP contribution in [0.1, 0.15) is 24.0 Å². The molecule has 1 aromatic carbocycles. The summed E-state index contributed by atoms with van der Waals surface area (Å²) in [5.41, 5.74) is 2.36. The molecule has 1 aliphatic heterocycles. The molecule has 0 aromatic heterocycles. The molecule has 0 bridgehead atoms. The van der Waals surface area contributed by atoms with E-state index in [9.17, 15) is 9.59 Å². The smallest absolute Gasteiger partial charge is 0.241 e. The Kier molecular flexibility index (Phi) is 4.55. The SMILES string of the molecule is Cc1ccc(CCC(=O)NCC(=O)N2CCC2)cc1. The summed E-state index contributed by atoms with van der Waals surface area (Å²) in [5, 5.41) is 2.68. The lowest BCUT2D eigenvalue weighted by Crippen LogP contribution is -2.47. The van der Waals surface area contributed by atoms with Crippen LogP contribution in [0, 0.1) is 6.92 Å². The number of likely N-dealkylation sites (tertiary alicyclic amines) is 1. The fourth-order valence-corrected chi connectivity index (χ4v) is 1.95. The number of nitrogens with zero attached hydrogens (tertiary/aromatic N) is 1. The van der Waals surface area contributed by atoms with Gasteiger partial charge in [-0.2, -0.15) is 0 Å². The molecule has 2 amide bonds. The zero-order valence-electron chi connectivity index (χ0n) is 11.3. The summed E-state index contributed by atoms with van der Waals surface area (Å²) in [4.78, 5) is 25.0. The van der Waals surface area contributed by atoms with Crippen LogP contribution in [-0.2, 0) is 16.0 Å². The molecular formula is C15H20N2O2. The van der Waals surface area contributed by atoms with Crippen molar-refractivity contribution < 1.29 is 9.59 Å². The standard InChI is InChI=1S/C15H20N2O2/c1-12-3-5-13(6-4-12)7-8-14(18)16-11-15(19)17-9-2-10-17/h3-6H,2,7-11H2,1H3,(H,16,18). The van der Waals surface area contributed by atoms with Crippen molar-refractivity contribution >= 4 is 11.8 Å². The van der Waals surface area contributed by atoms with Crippen molar-refractivity contribution in [2.24, 2.45) is 0 Å². The molecule has 0 saturated carbocycles. The van der Waals surface area contributed by atoms with E-state index in [0.717, 1.165) is 25.1 Å². The Morgan fingerprint density at radius 2 is 1.89 bits per heavy atom. The Morgan fingerprint density at radius 3 is 2.47 bits per heavy atom. The minimum Gasteiger partial charge on any atom is -0.347 e. The Morgan fingerprint density at radius 1 is 1.21 bits per heavy atom. The first-order valence-corrected chi connectivity index (χ1v) is 6.75. The number of hydrogen-bond donors (Lipinski definition) is 1. The molecule has 102 valence electrons. The second-order valence-electron chi connectivity index (χ2n) is 5.00. The van der Waals surface area contributed by atoms with Crippen molar-refractivity contribution in [1.82, 2.24) is 10.2 Å². The molecule has 4 nitrogen and oxygen atoms in total. The molecule has 2 rings (SSSR count). The van der Waals surface area contributed by atoms with Gasteiger partial charge < -0.3 is 10.2 Å². The molecule has 1 fully saturated rings. The monoisotopic (exact) mass is 260 g/mol. The largest absolute Gasteiger partial charge is 0.347 e. The number of carbonyl (C=O) groups is 2. The molecule has 1 aliphatic rings. The van der Waals surface area contributed by atoms with E-state index in [1.54, 1.807) is 4.90 Å². The summed E-state index contributed by atoms with van der Waals surface area (Å²) in [5.74, 6) is -0.0376. The van der Waals surface area contributed by atoms with Crippen molar-refractivity contribution in [3.63, 3.8) is 0 Å². The fourth-order valence-electron chi connectivity index (χ4n) is 1.95. The first-order chi connectivity index (χ1) is 9.15. The molecule has 0 atom stereocenters. The summed E-state index contributed by atoms with van der Waals surface area (Å²) in [6, 6.07) is 8.16. The highest BCUT2D eigenvalue weighted by molar-refractivity contribution is 5.85. The molecule has 0 unspecified atom stereocenters. The van der Waals surface area contributed by atoms with Crippen molar-refractivity contribution in [2.75, 3.05) is 19.6 Å². The van der Waals surface area contributed by atoms with E-state index >= 15 is 0 Å². The van der Waals surface area contributed by atoms with Gasteiger partial charge in [-0.15, -0.1) is 0 Å². The van der Waals surface area contributed by atoms with Gasteiger partial charge in [0.2, 0.25) is 11.8 Å². The van der Waals surface area contributed by atoms with E-state index in [0.29, 0.717) is 12.8 Å². The van der Waals surface area contributed by atoms with E-state index in [-0.39, 0.29) is 18.4 Å². The molecule has 0 spiro atoms. The maximum absolute atomic E-state index is 11.6. The lowest BCUT2D eigenvalue weighted by atomic mass is 10.1. The normalized spacial score (nSPS) is 13.8. The maximum Gasteiger partial charge on any atom is 0.241 e. The number of nitrogens with one attached hydrogen (secondary N) is 1. The van der Waals surface area contributed by atoms with Gasteiger partial charge in [0, 0.05) is 19.5 Å². The van der Waals surface area contributed by atoms with Crippen LogP contribution in [-0.4, -0.2) is 36.3 Å². The summed E-state index contributed by atoms with van der Waals surface area (Å²) in [7, 11) is 0. The number of amides is 2. The molecule has 1 N–H and O–H groups in total. The topological polar surface area (TPSA) is 49.4 Å². The van der Waals surface area contributed by atoms with Crippen LogP contribution in [0.15, 0.2) is 24.3 Å². The second-order valence-corrected chi connectivity index (χ2v) is 5.00. The van der Waals surface area contributed by atoms with Gasteiger partial charge in [0.15, 0.2) is 0 Å². The van der Waals surface area contributed by atoms with Gasteiger partial charge >= 0.3 is 0 Å². The summed E-state index contributed by atoms with van der Waals surface area (Å²) < 4.78 is 0. The Labute approximate surface area is 113 Å². The third-order valence-corrected chi connectivity index (χ3v) is 3.41. The number of benzene rings is 1. The molecule has 1 aromatic rings. The van der Waals surface area contributed by atoms with E-state index in [1.165, 1.54) is 5.56 Å². The lowest BCUT2D eigenvalue weighted by Gasteiger charge is -2.30. The Hall–Kier alpha value is -1.84. The van der Waals surface area contributed by atoms with Gasteiger partial charge in [-0.05, 0) is 25.3 Å². The molecule has 19 heavy (non-hydrogen) atoms. The van der Waals surface area contributed by atoms with Crippen LogP contribution >= 0.6 is 0 Å². The van der Waals surface area contributed by atoms with Gasteiger partial charge in [0.05, 0.1) is 6.54 Å². The van der Waals surface area contributed by atoms with Crippen LogP contribution in [0.5, 0.6) is 0 Å². The summed E-state index contributed by atoms with van der Waals surface area (Å²) >= 11 is 0. The number of hydrogen-bond acceptors (Lipinski definition) is 2. The fraction of sp³-hybridized carbons (Fsp3) is 0.467. The number of carbonyl (C=O) groups excluding carboxylic acids is 2. The molecule has 1 heterocycles. The highest BCUT2D eigenvalue weighted by Gasteiger charge is 2.19. The Balaban J connectivity index is 1.66. The number of rotatable bonds is 5. The third kappa shape index (κ3) is 4.09. The Bertz CT molecular complexity index is 450. The van der Waals surface area contributed by atoms with Gasteiger partial charge in [-0.3, -0.25) is 9.59 Å².